The van der Waals surface area contributed by atoms with Crippen molar-refractivity contribution in [3.8, 4) is 0 Å². The maximum absolute atomic E-state index is 13.4. The van der Waals surface area contributed by atoms with E-state index in [1.165, 1.54) is 4.90 Å². The minimum Gasteiger partial charge on any atom is -0.383 e. The summed E-state index contributed by atoms with van der Waals surface area (Å²) in [6.45, 7) is 3.15. The standard InChI is InChI=1S/C26H27ClN4O3S/c1-4-17-6-5-7-21-18(15-30(24(17)21)16-23(32)28-12-13-34-3)14-22-25(33)31(26(35)29(22)2)20-10-8-19(27)9-11-20/h5-11,14-15H,4,12-13,16H2,1-3H3,(H,28,32)/b22-14-. The highest BCUT2D eigenvalue weighted by Crippen LogP contribution is 2.32. The van der Waals surface area contributed by atoms with Crippen molar-refractivity contribution in [1.29, 1.82) is 0 Å². The number of ether oxygens (including phenoxy) is 1. The van der Waals surface area contributed by atoms with Gasteiger partial charge in [0.25, 0.3) is 5.91 Å². The molecule has 182 valence electrons. The van der Waals surface area contributed by atoms with Crippen LogP contribution < -0.4 is 10.2 Å². The largest absolute Gasteiger partial charge is 0.383 e. The van der Waals surface area contributed by atoms with Crippen LogP contribution in [0.15, 0.2) is 54.4 Å². The van der Waals surface area contributed by atoms with E-state index < -0.39 is 0 Å². The molecule has 4 rings (SSSR count). The molecule has 2 heterocycles. The molecule has 35 heavy (non-hydrogen) atoms. The fourth-order valence-electron chi connectivity index (χ4n) is 4.22. The summed E-state index contributed by atoms with van der Waals surface area (Å²) >= 11 is 11.6. The van der Waals surface area contributed by atoms with Crippen molar-refractivity contribution in [1.82, 2.24) is 14.8 Å². The molecule has 1 aliphatic heterocycles. The normalized spacial score (nSPS) is 15.0. The van der Waals surface area contributed by atoms with Gasteiger partial charge in [-0.05, 0) is 54.5 Å². The first-order chi connectivity index (χ1) is 16.8. The molecule has 3 aromatic rings. The second-order valence-electron chi connectivity index (χ2n) is 8.21. The van der Waals surface area contributed by atoms with Crippen molar-refractivity contribution in [3.63, 3.8) is 0 Å². The monoisotopic (exact) mass is 510 g/mol. The van der Waals surface area contributed by atoms with E-state index in [1.54, 1.807) is 43.3 Å². The number of aromatic nitrogens is 1. The van der Waals surface area contributed by atoms with Gasteiger partial charge in [-0.2, -0.15) is 0 Å². The molecule has 9 heteroatoms. The highest BCUT2D eigenvalue weighted by atomic mass is 35.5. The van der Waals surface area contributed by atoms with Crippen LogP contribution in [0.1, 0.15) is 18.1 Å². The van der Waals surface area contributed by atoms with E-state index in [0.29, 0.717) is 34.7 Å². The number of aryl methyl sites for hydroxylation is 1. The summed E-state index contributed by atoms with van der Waals surface area (Å²) in [6.07, 6.45) is 4.57. The van der Waals surface area contributed by atoms with Gasteiger partial charge in [0.05, 0.1) is 17.8 Å². The predicted molar refractivity (Wildman–Crippen MR) is 143 cm³/mol. The number of anilines is 1. The Morgan fingerprint density at radius 3 is 2.63 bits per heavy atom. The van der Waals surface area contributed by atoms with Gasteiger partial charge in [-0.3, -0.25) is 14.5 Å². The van der Waals surface area contributed by atoms with Crippen molar-refractivity contribution in [2.75, 3.05) is 32.2 Å². The highest BCUT2D eigenvalue weighted by molar-refractivity contribution is 7.80. The van der Waals surface area contributed by atoms with E-state index in [1.807, 2.05) is 29.0 Å². The quantitative estimate of drug-likeness (QED) is 0.279. The Balaban J connectivity index is 1.73. The Morgan fingerprint density at radius 1 is 1.20 bits per heavy atom. The van der Waals surface area contributed by atoms with Crippen LogP contribution in [-0.2, 0) is 27.3 Å². The van der Waals surface area contributed by atoms with E-state index >= 15 is 0 Å². The average Bonchev–Trinajstić information content (AvgIpc) is 3.29. The average molecular weight is 511 g/mol. The predicted octanol–water partition coefficient (Wildman–Crippen LogP) is 4.22. The molecule has 0 unspecified atom stereocenters. The second kappa shape index (κ2) is 10.6. The summed E-state index contributed by atoms with van der Waals surface area (Å²) in [7, 11) is 3.38. The van der Waals surface area contributed by atoms with Crippen LogP contribution in [0.3, 0.4) is 0 Å². The maximum Gasteiger partial charge on any atom is 0.281 e. The smallest absolute Gasteiger partial charge is 0.281 e. The number of carbonyl (C=O) groups excluding carboxylic acids is 2. The molecule has 1 fully saturated rings. The summed E-state index contributed by atoms with van der Waals surface area (Å²) in [4.78, 5) is 29.2. The lowest BCUT2D eigenvalue weighted by Crippen LogP contribution is -2.31. The molecule has 2 aromatic carbocycles. The third-order valence-electron chi connectivity index (χ3n) is 5.97. The molecule has 1 N–H and O–H groups in total. The van der Waals surface area contributed by atoms with Crippen LogP contribution >= 0.6 is 23.8 Å². The van der Waals surface area contributed by atoms with Gasteiger partial charge in [0.2, 0.25) is 5.91 Å². The number of likely N-dealkylation sites (N-methyl/N-ethyl adjacent to an activating group) is 1. The molecule has 0 radical (unpaired) electrons. The van der Waals surface area contributed by atoms with Crippen molar-refractivity contribution in [2.45, 2.75) is 19.9 Å². The number of amides is 2. The fraction of sp³-hybridized carbons (Fsp3) is 0.269. The zero-order valence-electron chi connectivity index (χ0n) is 19.9. The van der Waals surface area contributed by atoms with E-state index in [4.69, 9.17) is 28.6 Å². The highest BCUT2D eigenvalue weighted by Gasteiger charge is 2.37. The molecule has 0 spiro atoms. The number of hydrogen-bond donors (Lipinski definition) is 1. The number of carbonyl (C=O) groups is 2. The first-order valence-corrected chi connectivity index (χ1v) is 12.1. The maximum atomic E-state index is 13.4. The Kier molecular flexibility index (Phi) is 7.54. The number of nitrogens with zero attached hydrogens (tertiary/aromatic N) is 3. The molecule has 0 saturated carbocycles. The third kappa shape index (κ3) is 4.96. The Hall–Kier alpha value is -3.20. The van der Waals surface area contributed by atoms with Crippen molar-refractivity contribution in [3.05, 3.63) is 70.5 Å². The molecule has 1 saturated heterocycles. The Bertz CT molecular complexity index is 1320. The summed E-state index contributed by atoms with van der Waals surface area (Å²) in [5, 5.41) is 4.81. The van der Waals surface area contributed by atoms with E-state index in [9.17, 15) is 9.59 Å². The molecule has 0 aliphatic carbocycles. The molecular formula is C26H27ClN4O3S. The minimum absolute atomic E-state index is 0.104. The number of hydrogen-bond acceptors (Lipinski definition) is 4. The van der Waals surface area contributed by atoms with E-state index in [0.717, 1.165) is 28.5 Å². The first kappa shape index (κ1) is 24.9. The summed E-state index contributed by atoms with van der Waals surface area (Å²) in [5.74, 6) is -0.321. The van der Waals surface area contributed by atoms with Gasteiger partial charge in [0, 0.05) is 42.9 Å². The molecule has 1 aromatic heterocycles. The lowest BCUT2D eigenvalue weighted by Gasteiger charge is -2.16. The topological polar surface area (TPSA) is 66.8 Å². The number of methoxy groups -OCH3 is 1. The number of thiocarbonyl (C=S) groups is 1. The molecule has 7 nitrogen and oxygen atoms in total. The van der Waals surface area contributed by atoms with Gasteiger partial charge in [-0.1, -0.05) is 36.7 Å². The van der Waals surface area contributed by atoms with Gasteiger partial charge in [-0.25, -0.2) is 0 Å². The number of fused-ring (bicyclic) bond motifs is 1. The number of nitrogens with one attached hydrogen (secondary N) is 1. The Morgan fingerprint density at radius 2 is 1.94 bits per heavy atom. The Labute approximate surface area is 214 Å². The lowest BCUT2D eigenvalue weighted by atomic mass is 10.1. The second-order valence-corrected chi connectivity index (χ2v) is 9.01. The van der Waals surface area contributed by atoms with Crippen LogP contribution in [0.5, 0.6) is 0 Å². The van der Waals surface area contributed by atoms with Crippen LogP contribution in [0.2, 0.25) is 5.02 Å². The zero-order valence-corrected chi connectivity index (χ0v) is 21.4. The molecule has 1 aliphatic rings. The van der Waals surface area contributed by atoms with Gasteiger partial charge >= 0.3 is 0 Å². The van der Waals surface area contributed by atoms with Gasteiger partial charge in [0.15, 0.2) is 5.11 Å². The molecule has 0 atom stereocenters. The molecule has 0 bridgehead atoms. The number of benzene rings is 2. The van der Waals surface area contributed by atoms with E-state index in [2.05, 4.69) is 18.3 Å². The van der Waals surface area contributed by atoms with Gasteiger partial charge < -0.3 is 19.5 Å². The first-order valence-electron chi connectivity index (χ1n) is 11.3. The summed E-state index contributed by atoms with van der Waals surface area (Å²) < 4.78 is 6.96. The van der Waals surface area contributed by atoms with Crippen molar-refractivity contribution >= 4 is 63.4 Å². The SMILES string of the molecule is CCc1cccc2c(/C=C3/C(=O)N(c4ccc(Cl)cc4)C(=S)N3C)cn(CC(=O)NCCOC)c12. The van der Waals surface area contributed by atoms with Crippen LogP contribution in [0.25, 0.3) is 17.0 Å². The lowest BCUT2D eigenvalue weighted by molar-refractivity contribution is -0.121. The number of rotatable bonds is 8. The minimum atomic E-state index is -0.218. The number of halogens is 1. The van der Waals surface area contributed by atoms with E-state index in [-0.39, 0.29) is 18.4 Å². The molecular weight excluding hydrogens is 484 g/mol. The number of para-hydroxylation sites is 1. The fourth-order valence-corrected chi connectivity index (χ4v) is 4.63. The van der Waals surface area contributed by atoms with Crippen molar-refractivity contribution < 1.29 is 14.3 Å². The van der Waals surface area contributed by atoms with Gasteiger partial charge in [-0.15, -0.1) is 0 Å². The summed E-state index contributed by atoms with van der Waals surface area (Å²) in [5.41, 5.74) is 4.06. The van der Waals surface area contributed by atoms with Crippen LogP contribution in [-0.4, -0.2) is 53.7 Å². The summed E-state index contributed by atoms with van der Waals surface area (Å²) in [6, 6.07) is 13.1. The third-order valence-corrected chi connectivity index (χ3v) is 6.68. The van der Waals surface area contributed by atoms with Crippen molar-refractivity contribution in [2.24, 2.45) is 0 Å². The zero-order chi connectivity index (χ0) is 25.1. The van der Waals surface area contributed by atoms with Crippen LogP contribution in [0.4, 0.5) is 5.69 Å². The molecule has 2 amide bonds. The van der Waals surface area contributed by atoms with Crippen LogP contribution in [0, 0.1) is 0 Å². The van der Waals surface area contributed by atoms with Gasteiger partial charge in [0.1, 0.15) is 12.2 Å².